The van der Waals surface area contributed by atoms with Crippen LogP contribution in [0.2, 0.25) is 0 Å². The van der Waals surface area contributed by atoms with Gasteiger partial charge < -0.3 is 20.1 Å². The highest BCUT2D eigenvalue weighted by Gasteiger charge is 2.32. The summed E-state index contributed by atoms with van der Waals surface area (Å²) >= 11 is 0. The number of halogens is 1. The molecular formula is C17H19FN4O4. The molecule has 2 N–H and O–H groups in total. The minimum atomic E-state index is -1.34. The van der Waals surface area contributed by atoms with E-state index in [0.29, 0.717) is 24.3 Å². The molecule has 1 aromatic carbocycles. The summed E-state index contributed by atoms with van der Waals surface area (Å²) in [5.74, 6) is -1.65. The Balaban J connectivity index is 2.01. The van der Waals surface area contributed by atoms with E-state index >= 15 is 0 Å². The molecule has 1 fully saturated rings. The van der Waals surface area contributed by atoms with Crippen molar-refractivity contribution >= 4 is 22.6 Å². The zero-order chi connectivity index (χ0) is 18.6. The van der Waals surface area contributed by atoms with E-state index in [4.69, 9.17) is 4.74 Å². The van der Waals surface area contributed by atoms with Crippen LogP contribution in [0.3, 0.4) is 0 Å². The van der Waals surface area contributed by atoms with Gasteiger partial charge in [-0.3, -0.25) is 14.5 Å². The topological polar surface area (TPSA) is 87.0 Å². The third kappa shape index (κ3) is 2.31. The molecule has 0 radical (unpaired) electrons. The molecule has 0 bridgehead atoms. The predicted molar refractivity (Wildman–Crippen MR) is 94.4 cm³/mol. The zero-order valence-corrected chi connectivity index (χ0v) is 14.5. The maximum atomic E-state index is 15.0. The van der Waals surface area contributed by atoms with Crippen molar-refractivity contribution in [1.82, 2.24) is 9.99 Å². The third-order valence-electron chi connectivity index (χ3n) is 5.06. The zero-order valence-electron chi connectivity index (χ0n) is 14.5. The molecule has 3 heterocycles. The van der Waals surface area contributed by atoms with Crippen LogP contribution < -0.4 is 25.4 Å². The molecule has 1 atom stereocenters. The number of carboxylic acids is 1. The number of carbonyl (C=O) groups is 1. The van der Waals surface area contributed by atoms with Crippen LogP contribution in [0.1, 0.15) is 16.8 Å². The molecule has 4 rings (SSSR count). The van der Waals surface area contributed by atoms with E-state index in [0.717, 1.165) is 12.5 Å². The summed E-state index contributed by atoms with van der Waals surface area (Å²) in [6.07, 6.45) is 2.14. The van der Waals surface area contributed by atoms with Gasteiger partial charge in [-0.2, -0.15) is 0 Å². The van der Waals surface area contributed by atoms with Crippen molar-refractivity contribution in [3.8, 4) is 5.75 Å². The van der Waals surface area contributed by atoms with E-state index in [9.17, 15) is 19.1 Å². The molecule has 1 saturated heterocycles. The van der Waals surface area contributed by atoms with Crippen molar-refractivity contribution in [2.45, 2.75) is 12.5 Å². The molecule has 8 nitrogen and oxygen atoms in total. The van der Waals surface area contributed by atoms with Crippen LogP contribution in [-0.2, 0) is 0 Å². The Morgan fingerprint density at radius 3 is 2.88 bits per heavy atom. The van der Waals surface area contributed by atoms with E-state index in [2.05, 4.69) is 5.32 Å². The lowest BCUT2D eigenvalue weighted by Gasteiger charge is -2.33. The number of rotatable bonds is 3. The van der Waals surface area contributed by atoms with Gasteiger partial charge in [0.15, 0.2) is 18.3 Å². The maximum absolute atomic E-state index is 15.0. The van der Waals surface area contributed by atoms with Gasteiger partial charge in [-0.25, -0.2) is 9.18 Å². The van der Waals surface area contributed by atoms with Gasteiger partial charge in [-0.1, -0.05) is 0 Å². The number of aromatic nitrogens is 1. The maximum Gasteiger partial charge on any atom is 0.341 e. The van der Waals surface area contributed by atoms with Gasteiger partial charge in [0.1, 0.15) is 16.8 Å². The van der Waals surface area contributed by atoms with Crippen molar-refractivity contribution in [2.75, 3.05) is 43.8 Å². The molecule has 2 aliphatic rings. The number of carboxylic acid groups (broad SMARTS) is 1. The lowest BCUT2D eigenvalue weighted by Crippen LogP contribution is -2.40. The van der Waals surface area contributed by atoms with Crippen molar-refractivity contribution in [3.63, 3.8) is 0 Å². The van der Waals surface area contributed by atoms with Gasteiger partial charge in [0.05, 0.1) is 5.39 Å². The predicted octanol–water partition coefficient (Wildman–Crippen LogP) is 0.555. The number of hydrogen-bond acceptors (Lipinski definition) is 6. The monoisotopic (exact) mass is 362 g/mol. The molecule has 9 heteroatoms. The van der Waals surface area contributed by atoms with Gasteiger partial charge in [0, 0.05) is 32.4 Å². The summed E-state index contributed by atoms with van der Waals surface area (Å²) in [5, 5.41) is 14.1. The Labute approximate surface area is 148 Å². The van der Waals surface area contributed by atoms with Gasteiger partial charge in [0.25, 0.3) is 0 Å². The molecule has 26 heavy (non-hydrogen) atoms. The van der Waals surface area contributed by atoms with Crippen LogP contribution in [-0.4, -0.2) is 55.7 Å². The summed E-state index contributed by atoms with van der Waals surface area (Å²) in [6.45, 7) is 1.41. The number of hydrogen-bond donors (Lipinski definition) is 2. The number of pyridine rings is 1. The fourth-order valence-corrected chi connectivity index (χ4v) is 3.67. The highest BCUT2D eigenvalue weighted by molar-refractivity contribution is 5.97. The van der Waals surface area contributed by atoms with Crippen molar-refractivity contribution in [3.05, 3.63) is 33.9 Å². The second kappa shape index (κ2) is 5.87. The number of nitrogens with zero attached hydrogens (tertiary/aromatic N) is 3. The van der Waals surface area contributed by atoms with Crippen LogP contribution in [0.15, 0.2) is 17.1 Å². The van der Waals surface area contributed by atoms with E-state index in [1.165, 1.54) is 6.20 Å². The fraction of sp³-hybridized carbons (Fsp3) is 0.412. The first-order valence-electron chi connectivity index (χ1n) is 8.34. The molecule has 138 valence electrons. The molecule has 0 aliphatic carbocycles. The van der Waals surface area contributed by atoms with Gasteiger partial charge in [-0.05, 0) is 19.5 Å². The van der Waals surface area contributed by atoms with E-state index in [-0.39, 0.29) is 23.9 Å². The van der Waals surface area contributed by atoms with Crippen molar-refractivity contribution < 1.29 is 19.0 Å². The number of nitrogens with one attached hydrogen (secondary N) is 1. The summed E-state index contributed by atoms with van der Waals surface area (Å²) < 4.78 is 22.3. The number of likely N-dealkylation sites (N-methyl/N-ethyl adjacent to an activating group) is 1. The Morgan fingerprint density at radius 1 is 1.46 bits per heavy atom. The summed E-state index contributed by atoms with van der Waals surface area (Å²) in [6, 6.07) is 1.37. The average molecular weight is 362 g/mol. The van der Waals surface area contributed by atoms with Crippen molar-refractivity contribution in [2.24, 2.45) is 0 Å². The van der Waals surface area contributed by atoms with Gasteiger partial charge in [-0.15, -0.1) is 0 Å². The Morgan fingerprint density at radius 2 is 2.23 bits per heavy atom. The minimum Gasteiger partial charge on any atom is -0.477 e. The molecule has 2 aromatic rings. The van der Waals surface area contributed by atoms with Crippen molar-refractivity contribution in [1.29, 1.82) is 0 Å². The van der Waals surface area contributed by atoms with Crippen LogP contribution in [0, 0.1) is 5.82 Å². The molecule has 0 spiro atoms. The Hall–Kier alpha value is -2.81. The number of anilines is 1. The second-order valence-corrected chi connectivity index (χ2v) is 6.61. The molecule has 1 aromatic heterocycles. The number of ether oxygens (including phenoxy) is 1. The Bertz CT molecular complexity index is 974. The average Bonchev–Trinajstić information content (AvgIpc) is 3.07. The van der Waals surface area contributed by atoms with Gasteiger partial charge >= 0.3 is 5.97 Å². The van der Waals surface area contributed by atoms with Crippen LogP contribution >= 0.6 is 0 Å². The minimum absolute atomic E-state index is 0.00272. The quantitative estimate of drug-likeness (QED) is 0.825. The van der Waals surface area contributed by atoms with Gasteiger partial charge in [0.2, 0.25) is 5.43 Å². The number of aromatic carboxylic acids is 1. The third-order valence-corrected chi connectivity index (χ3v) is 5.06. The summed E-state index contributed by atoms with van der Waals surface area (Å²) in [7, 11) is 3.57. The van der Waals surface area contributed by atoms with E-state index < -0.39 is 22.8 Å². The molecule has 2 aliphatic heterocycles. The highest BCUT2D eigenvalue weighted by atomic mass is 19.1. The SMILES string of the molecule is CNC1CCN(c2c(F)cc3c(=O)c(C(=O)O)cn4c3c2OCN4C)C1. The fourth-order valence-electron chi connectivity index (χ4n) is 3.67. The summed E-state index contributed by atoms with van der Waals surface area (Å²) in [4.78, 5) is 25.8. The second-order valence-electron chi connectivity index (χ2n) is 6.61. The number of benzene rings is 1. The lowest BCUT2D eigenvalue weighted by molar-refractivity contribution is 0.0694. The molecule has 0 saturated carbocycles. The molecule has 1 unspecified atom stereocenters. The Kier molecular flexibility index (Phi) is 3.76. The lowest BCUT2D eigenvalue weighted by atomic mass is 10.1. The normalized spacial score (nSPS) is 19.1. The smallest absolute Gasteiger partial charge is 0.341 e. The standard InChI is InChI=1S/C17H19FN4O4/c1-19-9-3-4-21(6-9)14-12(18)5-10-13-16(14)26-8-20(2)22(13)7-11(15(10)23)17(24)25/h5,7,9,19H,3-4,6,8H2,1-2H3,(H,24,25). The first-order valence-corrected chi connectivity index (χ1v) is 8.34. The first-order chi connectivity index (χ1) is 12.4. The van der Waals surface area contributed by atoms with Crippen LogP contribution in [0.4, 0.5) is 10.1 Å². The largest absolute Gasteiger partial charge is 0.477 e. The van der Waals surface area contributed by atoms with E-state index in [1.807, 2.05) is 11.9 Å². The summed E-state index contributed by atoms with van der Waals surface area (Å²) in [5.41, 5.74) is -0.415. The highest BCUT2D eigenvalue weighted by Crippen LogP contribution is 2.41. The first kappa shape index (κ1) is 16.6. The molecular weight excluding hydrogens is 343 g/mol. The van der Waals surface area contributed by atoms with E-state index in [1.54, 1.807) is 16.7 Å². The molecule has 0 amide bonds. The van der Waals surface area contributed by atoms with Crippen LogP contribution in [0.5, 0.6) is 5.75 Å². The van der Waals surface area contributed by atoms with Crippen LogP contribution in [0.25, 0.3) is 10.9 Å².